The maximum absolute atomic E-state index is 12.2. The number of methoxy groups -OCH3 is 1. The molecule has 2 unspecified atom stereocenters. The van der Waals surface area contributed by atoms with E-state index in [4.69, 9.17) is 9.47 Å². The summed E-state index contributed by atoms with van der Waals surface area (Å²) in [7, 11) is 1.56. The summed E-state index contributed by atoms with van der Waals surface area (Å²) in [6, 6.07) is 9.45. The summed E-state index contributed by atoms with van der Waals surface area (Å²) in [6.45, 7) is 4.18. The van der Waals surface area contributed by atoms with Gasteiger partial charge in [-0.3, -0.25) is 0 Å². The van der Waals surface area contributed by atoms with E-state index in [-0.39, 0.29) is 13.2 Å². The molecule has 0 aromatic heterocycles. The highest BCUT2D eigenvalue weighted by Gasteiger charge is 2.45. The summed E-state index contributed by atoms with van der Waals surface area (Å²) in [6.07, 6.45) is 1.02. The Balaban J connectivity index is 3.14. The first-order valence-electron chi connectivity index (χ1n) is 7.03. The van der Waals surface area contributed by atoms with Gasteiger partial charge in [-0.1, -0.05) is 43.7 Å². The topological polar surface area (TPSA) is 55.8 Å². The number of esters is 1. The van der Waals surface area contributed by atoms with Crippen molar-refractivity contribution in [1.82, 2.24) is 0 Å². The smallest absolute Gasteiger partial charge is 0.338 e. The van der Waals surface area contributed by atoms with Gasteiger partial charge in [-0.2, -0.15) is 0 Å². The lowest BCUT2D eigenvalue weighted by atomic mass is 9.79. The van der Waals surface area contributed by atoms with E-state index in [9.17, 15) is 9.90 Å². The monoisotopic (exact) mass is 280 g/mol. The van der Waals surface area contributed by atoms with Crippen LogP contribution in [0.15, 0.2) is 30.3 Å². The molecule has 1 aromatic rings. The molecule has 0 fully saturated rings. The molecule has 0 amide bonds. The van der Waals surface area contributed by atoms with Crippen molar-refractivity contribution in [3.05, 3.63) is 35.9 Å². The SMILES string of the molecule is CCCC(O)(C(=O)OCC)C(COC)c1ccccc1. The molecule has 0 heterocycles. The van der Waals surface area contributed by atoms with E-state index in [1.807, 2.05) is 37.3 Å². The second kappa shape index (κ2) is 8.02. The van der Waals surface area contributed by atoms with Gasteiger partial charge in [0.25, 0.3) is 0 Å². The number of rotatable bonds is 8. The lowest BCUT2D eigenvalue weighted by Gasteiger charge is -2.33. The Morgan fingerprint density at radius 2 is 1.95 bits per heavy atom. The van der Waals surface area contributed by atoms with Crippen LogP contribution < -0.4 is 0 Å². The number of carbonyl (C=O) groups excluding carboxylic acids is 1. The predicted molar refractivity (Wildman–Crippen MR) is 77.5 cm³/mol. The molecule has 0 saturated heterocycles. The first-order valence-corrected chi connectivity index (χ1v) is 7.03. The van der Waals surface area contributed by atoms with Crippen molar-refractivity contribution < 1.29 is 19.4 Å². The van der Waals surface area contributed by atoms with Crippen LogP contribution in [0.4, 0.5) is 0 Å². The number of ether oxygens (including phenoxy) is 2. The molecular weight excluding hydrogens is 256 g/mol. The van der Waals surface area contributed by atoms with Gasteiger partial charge in [0.2, 0.25) is 0 Å². The fourth-order valence-electron chi connectivity index (χ4n) is 2.42. The molecule has 1 N–H and O–H groups in total. The second-order valence-electron chi connectivity index (χ2n) is 4.81. The van der Waals surface area contributed by atoms with E-state index in [1.54, 1.807) is 14.0 Å². The largest absolute Gasteiger partial charge is 0.464 e. The van der Waals surface area contributed by atoms with Crippen LogP contribution in [0.5, 0.6) is 0 Å². The summed E-state index contributed by atoms with van der Waals surface area (Å²) in [5, 5.41) is 10.9. The van der Waals surface area contributed by atoms with Gasteiger partial charge >= 0.3 is 5.97 Å². The second-order valence-corrected chi connectivity index (χ2v) is 4.81. The predicted octanol–water partition coefficient (Wildman–Crippen LogP) is 2.51. The number of carbonyl (C=O) groups is 1. The number of hydrogen-bond donors (Lipinski definition) is 1. The van der Waals surface area contributed by atoms with Crippen molar-refractivity contribution in [2.24, 2.45) is 0 Å². The summed E-state index contributed by atoms with van der Waals surface area (Å²) in [5.41, 5.74) is -0.680. The third-order valence-corrected chi connectivity index (χ3v) is 3.37. The molecule has 4 nitrogen and oxygen atoms in total. The van der Waals surface area contributed by atoms with Gasteiger partial charge < -0.3 is 14.6 Å². The minimum Gasteiger partial charge on any atom is -0.464 e. The molecule has 20 heavy (non-hydrogen) atoms. The summed E-state index contributed by atoms with van der Waals surface area (Å²) in [4.78, 5) is 12.2. The maximum atomic E-state index is 12.2. The fourth-order valence-corrected chi connectivity index (χ4v) is 2.42. The van der Waals surface area contributed by atoms with E-state index in [0.717, 1.165) is 5.56 Å². The summed E-state index contributed by atoms with van der Waals surface area (Å²) < 4.78 is 10.3. The van der Waals surface area contributed by atoms with Crippen LogP contribution in [0.2, 0.25) is 0 Å². The number of hydrogen-bond acceptors (Lipinski definition) is 4. The van der Waals surface area contributed by atoms with Crippen molar-refractivity contribution in [2.45, 2.75) is 38.2 Å². The molecule has 4 heteroatoms. The van der Waals surface area contributed by atoms with Gasteiger partial charge in [-0.05, 0) is 18.9 Å². The molecule has 0 radical (unpaired) electrons. The molecule has 1 rings (SSSR count). The maximum Gasteiger partial charge on any atom is 0.338 e. The molecule has 0 aliphatic carbocycles. The third-order valence-electron chi connectivity index (χ3n) is 3.37. The zero-order valence-electron chi connectivity index (χ0n) is 12.5. The zero-order chi connectivity index (χ0) is 15.0. The summed E-state index contributed by atoms with van der Waals surface area (Å²) in [5.74, 6) is -1.01. The average molecular weight is 280 g/mol. The molecule has 112 valence electrons. The molecule has 0 saturated carbocycles. The van der Waals surface area contributed by atoms with E-state index in [1.165, 1.54) is 0 Å². The quantitative estimate of drug-likeness (QED) is 0.743. The number of aliphatic hydroxyl groups is 1. The van der Waals surface area contributed by atoms with E-state index < -0.39 is 17.5 Å². The Morgan fingerprint density at radius 3 is 2.45 bits per heavy atom. The van der Waals surface area contributed by atoms with Gasteiger partial charge in [-0.25, -0.2) is 4.79 Å². The molecule has 0 spiro atoms. The van der Waals surface area contributed by atoms with Crippen LogP contribution >= 0.6 is 0 Å². The Morgan fingerprint density at radius 1 is 1.30 bits per heavy atom. The Labute approximate surface area is 120 Å². The highest BCUT2D eigenvalue weighted by molar-refractivity contribution is 5.80. The minimum atomic E-state index is -1.55. The lowest BCUT2D eigenvalue weighted by Crippen LogP contribution is -2.47. The molecular formula is C16H24O4. The Kier molecular flexibility index (Phi) is 6.68. The highest BCUT2D eigenvalue weighted by atomic mass is 16.5. The lowest BCUT2D eigenvalue weighted by molar-refractivity contribution is -0.170. The zero-order valence-corrected chi connectivity index (χ0v) is 12.5. The standard InChI is InChI=1S/C16H24O4/c1-4-11-16(18,15(17)20-5-2)14(12-19-3)13-9-7-6-8-10-13/h6-10,14,18H,4-5,11-12H2,1-3H3. The van der Waals surface area contributed by atoms with Crippen LogP contribution in [0.25, 0.3) is 0 Å². The van der Waals surface area contributed by atoms with Crippen molar-refractivity contribution >= 4 is 5.97 Å². The molecule has 0 bridgehead atoms. The van der Waals surface area contributed by atoms with Gasteiger partial charge in [-0.15, -0.1) is 0 Å². The average Bonchev–Trinajstić information content (AvgIpc) is 2.46. The third kappa shape index (κ3) is 3.81. The van der Waals surface area contributed by atoms with Gasteiger partial charge in [0.05, 0.1) is 13.2 Å². The van der Waals surface area contributed by atoms with Crippen molar-refractivity contribution in [3.63, 3.8) is 0 Å². The Hall–Kier alpha value is -1.39. The highest BCUT2D eigenvalue weighted by Crippen LogP contribution is 2.33. The first-order chi connectivity index (χ1) is 9.60. The molecule has 0 aliphatic heterocycles. The fraction of sp³-hybridized carbons (Fsp3) is 0.562. The van der Waals surface area contributed by atoms with Gasteiger partial charge in [0.1, 0.15) is 0 Å². The van der Waals surface area contributed by atoms with Crippen LogP contribution in [-0.4, -0.2) is 37.0 Å². The van der Waals surface area contributed by atoms with Crippen LogP contribution in [0.3, 0.4) is 0 Å². The Bertz CT molecular complexity index is 404. The van der Waals surface area contributed by atoms with Gasteiger partial charge in [0, 0.05) is 13.0 Å². The van der Waals surface area contributed by atoms with Crippen LogP contribution in [0.1, 0.15) is 38.2 Å². The van der Waals surface area contributed by atoms with E-state index in [2.05, 4.69) is 0 Å². The van der Waals surface area contributed by atoms with Crippen molar-refractivity contribution in [1.29, 1.82) is 0 Å². The van der Waals surface area contributed by atoms with Crippen LogP contribution in [0, 0.1) is 0 Å². The van der Waals surface area contributed by atoms with Gasteiger partial charge in [0.15, 0.2) is 5.60 Å². The first kappa shape index (κ1) is 16.7. The van der Waals surface area contributed by atoms with Crippen LogP contribution in [-0.2, 0) is 14.3 Å². The normalized spacial score (nSPS) is 15.4. The van der Waals surface area contributed by atoms with Crippen molar-refractivity contribution in [2.75, 3.05) is 20.3 Å². The minimum absolute atomic E-state index is 0.249. The van der Waals surface area contributed by atoms with E-state index in [0.29, 0.717) is 12.8 Å². The molecule has 2 atom stereocenters. The molecule has 1 aromatic carbocycles. The summed E-state index contributed by atoms with van der Waals surface area (Å²) >= 11 is 0. The van der Waals surface area contributed by atoms with Crippen molar-refractivity contribution in [3.8, 4) is 0 Å². The number of benzene rings is 1. The van der Waals surface area contributed by atoms with E-state index >= 15 is 0 Å². The molecule has 0 aliphatic rings.